The molecule has 1 aromatic rings. The van der Waals surface area contributed by atoms with E-state index in [4.69, 9.17) is 0 Å². The minimum Gasteiger partial charge on any atom is -0.383 e. The first-order valence-corrected chi connectivity index (χ1v) is 8.03. The Kier molecular flexibility index (Phi) is 4.04. The summed E-state index contributed by atoms with van der Waals surface area (Å²) in [5.41, 5.74) is 1.14. The summed E-state index contributed by atoms with van der Waals surface area (Å²) in [6.45, 7) is 2.61. The maximum Gasteiger partial charge on any atom is 0.253 e. The summed E-state index contributed by atoms with van der Waals surface area (Å²) in [6, 6.07) is 1.33. The van der Waals surface area contributed by atoms with E-state index >= 15 is 0 Å². The Labute approximate surface area is 112 Å². The minimum atomic E-state index is -2.99. The zero-order valence-electron chi connectivity index (χ0n) is 10.7. The lowest BCUT2D eigenvalue weighted by atomic mass is 10.2. The van der Waals surface area contributed by atoms with Crippen LogP contribution in [0, 0.1) is 0 Å². The first-order valence-electron chi connectivity index (χ1n) is 6.21. The highest BCUT2D eigenvalue weighted by molar-refractivity contribution is 7.91. The van der Waals surface area contributed by atoms with Gasteiger partial charge >= 0.3 is 0 Å². The van der Waals surface area contributed by atoms with Gasteiger partial charge < -0.3 is 10.6 Å². The molecule has 1 aromatic heterocycles. The Balaban J connectivity index is 2.08. The van der Waals surface area contributed by atoms with Gasteiger partial charge in [0.15, 0.2) is 9.84 Å². The van der Waals surface area contributed by atoms with E-state index in [0.29, 0.717) is 24.2 Å². The zero-order valence-corrected chi connectivity index (χ0v) is 11.5. The molecule has 1 amide bonds. The highest BCUT2D eigenvalue weighted by Gasteiger charge is 2.29. The Bertz CT molecular complexity index is 571. The number of hydrogen-bond donors (Lipinski definition) is 2. The molecule has 6 nitrogen and oxygen atoms in total. The molecule has 0 spiro atoms. The molecule has 104 valence electrons. The Morgan fingerprint density at radius 2 is 2.32 bits per heavy atom. The molecule has 7 heteroatoms. The van der Waals surface area contributed by atoms with Crippen LogP contribution in [0.15, 0.2) is 18.5 Å². The van der Waals surface area contributed by atoms with Crippen LogP contribution in [0.3, 0.4) is 0 Å². The van der Waals surface area contributed by atoms with Gasteiger partial charge in [-0.2, -0.15) is 0 Å². The van der Waals surface area contributed by atoms with Crippen molar-refractivity contribution in [2.24, 2.45) is 0 Å². The Morgan fingerprint density at radius 1 is 1.53 bits per heavy atom. The molecule has 1 unspecified atom stereocenters. The topological polar surface area (TPSA) is 88.2 Å². The minimum absolute atomic E-state index is 0.0281. The lowest BCUT2D eigenvalue weighted by molar-refractivity contribution is 0.0942. The van der Waals surface area contributed by atoms with Crippen LogP contribution >= 0.6 is 0 Å². The summed E-state index contributed by atoms with van der Waals surface area (Å²) in [5, 5.41) is 5.82. The van der Waals surface area contributed by atoms with Crippen LogP contribution in [0.2, 0.25) is 0 Å². The smallest absolute Gasteiger partial charge is 0.253 e. The third kappa shape index (κ3) is 3.44. The number of carbonyl (C=O) groups is 1. The third-order valence-corrected chi connectivity index (χ3v) is 4.77. The second-order valence-electron chi connectivity index (χ2n) is 4.53. The third-order valence-electron chi connectivity index (χ3n) is 3.00. The van der Waals surface area contributed by atoms with Crippen molar-refractivity contribution in [1.82, 2.24) is 10.3 Å². The van der Waals surface area contributed by atoms with Gasteiger partial charge in [0, 0.05) is 18.8 Å². The van der Waals surface area contributed by atoms with E-state index in [1.165, 1.54) is 0 Å². The second-order valence-corrected chi connectivity index (χ2v) is 6.75. The van der Waals surface area contributed by atoms with E-state index < -0.39 is 9.84 Å². The van der Waals surface area contributed by atoms with Crippen LogP contribution in [-0.2, 0) is 9.84 Å². The first kappa shape index (κ1) is 13.8. The number of amides is 1. The quantitative estimate of drug-likeness (QED) is 0.836. The fraction of sp³-hybridized carbons (Fsp3) is 0.500. The summed E-state index contributed by atoms with van der Waals surface area (Å²) in [5.74, 6) is -0.0882. The molecule has 0 radical (unpaired) electrons. The van der Waals surface area contributed by atoms with Gasteiger partial charge in [-0.15, -0.1) is 0 Å². The monoisotopic (exact) mass is 283 g/mol. The zero-order chi connectivity index (χ0) is 13.9. The molecule has 2 rings (SSSR count). The number of nitrogens with one attached hydrogen (secondary N) is 2. The maximum atomic E-state index is 12.1. The molecule has 0 aliphatic carbocycles. The van der Waals surface area contributed by atoms with E-state index in [2.05, 4.69) is 15.6 Å². The predicted molar refractivity (Wildman–Crippen MR) is 72.9 cm³/mol. The van der Waals surface area contributed by atoms with Crippen LogP contribution in [0.4, 0.5) is 5.69 Å². The van der Waals surface area contributed by atoms with Crippen LogP contribution in [0.1, 0.15) is 23.7 Å². The van der Waals surface area contributed by atoms with E-state index in [0.717, 1.165) is 0 Å². The molecule has 0 aromatic carbocycles. The van der Waals surface area contributed by atoms with Crippen molar-refractivity contribution in [1.29, 1.82) is 0 Å². The fourth-order valence-electron chi connectivity index (χ4n) is 2.10. The summed E-state index contributed by atoms with van der Waals surface area (Å²) in [7, 11) is -2.99. The molecule has 0 saturated carbocycles. The summed E-state index contributed by atoms with van der Waals surface area (Å²) in [4.78, 5) is 16.1. The normalized spacial score (nSPS) is 21.0. The fourth-order valence-corrected chi connectivity index (χ4v) is 3.77. The van der Waals surface area contributed by atoms with Crippen molar-refractivity contribution >= 4 is 21.4 Å². The van der Waals surface area contributed by atoms with Crippen molar-refractivity contribution in [2.75, 3.05) is 23.4 Å². The van der Waals surface area contributed by atoms with Gasteiger partial charge in [-0.3, -0.25) is 9.78 Å². The van der Waals surface area contributed by atoms with Crippen molar-refractivity contribution in [3.63, 3.8) is 0 Å². The number of nitrogens with zero attached hydrogens (tertiary/aromatic N) is 1. The average Bonchev–Trinajstić information content (AvgIpc) is 2.69. The Morgan fingerprint density at radius 3 is 2.95 bits per heavy atom. The second kappa shape index (κ2) is 5.56. The molecule has 1 atom stereocenters. The molecule has 1 aliphatic rings. The Hall–Kier alpha value is -1.63. The number of hydrogen-bond acceptors (Lipinski definition) is 5. The van der Waals surface area contributed by atoms with E-state index in [9.17, 15) is 13.2 Å². The van der Waals surface area contributed by atoms with Gasteiger partial charge in [-0.25, -0.2) is 8.42 Å². The molecule has 2 N–H and O–H groups in total. The lowest BCUT2D eigenvalue weighted by Crippen LogP contribution is -2.36. The molecule has 0 bridgehead atoms. The number of aromatic nitrogens is 1. The molecule has 1 aliphatic heterocycles. The highest BCUT2D eigenvalue weighted by atomic mass is 32.2. The molecule has 1 saturated heterocycles. The van der Waals surface area contributed by atoms with Crippen molar-refractivity contribution in [2.45, 2.75) is 19.4 Å². The standard InChI is InChI=1S/C12H17N3O3S/c1-2-14-11-7-13-5-3-10(11)12(16)15-9-4-6-19(17,18)8-9/h3,5,7,9,14H,2,4,6,8H2,1H3,(H,15,16). The summed E-state index contributed by atoms with van der Waals surface area (Å²) in [6.07, 6.45) is 3.61. The number of anilines is 1. The molecular weight excluding hydrogens is 266 g/mol. The van der Waals surface area contributed by atoms with Gasteiger partial charge in [-0.05, 0) is 19.4 Å². The number of carbonyl (C=O) groups excluding carboxylic acids is 1. The van der Waals surface area contributed by atoms with Gasteiger partial charge in [0.25, 0.3) is 5.91 Å². The largest absolute Gasteiger partial charge is 0.383 e. The number of rotatable bonds is 4. The summed E-state index contributed by atoms with van der Waals surface area (Å²) < 4.78 is 22.7. The van der Waals surface area contributed by atoms with Crippen molar-refractivity contribution < 1.29 is 13.2 Å². The maximum absolute atomic E-state index is 12.1. The van der Waals surface area contributed by atoms with E-state index in [1.807, 2.05) is 6.92 Å². The highest BCUT2D eigenvalue weighted by Crippen LogP contribution is 2.16. The van der Waals surface area contributed by atoms with Gasteiger partial charge in [0.2, 0.25) is 0 Å². The SMILES string of the molecule is CCNc1cnccc1C(=O)NC1CCS(=O)(=O)C1. The molecular formula is C12H17N3O3S. The average molecular weight is 283 g/mol. The number of sulfone groups is 1. The van der Waals surface area contributed by atoms with Crippen molar-refractivity contribution in [3.05, 3.63) is 24.0 Å². The van der Waals surface area contributed by atoms with E-state index in [1.54, 1.807) is 18.5 Å². The molecule has 19 heavy (non-hydrogen) atoms. The van der Waals surface area contributed by atoms with Gasteiger partial charge in [0.1, 0.15) is 0 Å². The summed E-state index contributed by atoms with van der Waals surface area (Å²) >= 11 is 0. The van der Waals surface area contributed by atoms with Crippen LogP contribution in [-0.4, -0.2) is 43.4 Å². The van der Waals surface area contributed by atoms with Gasteiger partial charge in [-0.1, -0.05) is 0 Å². The lowest BCUT2D eigenvalue weighted by Gasteiger charge is -2.13. The van der Waals surface area contributed by atoms with Crippen LogP contribution in [0.5, 0.6) is 0 Å². The van der Waals surface area contributed by atoms with Gasteiger partial charge in [0.05, 0.1) is 29.0 Å². The molecule has 2 heterocycles. The number of pyridine rings is 1. The van der Waals surface area contributed by atoms with Crippen molar-refractivity contribution in [3.8, 4) is 0 Å². The predicted octanol–water partition coefficient (Wildman–Crippen LogP) is 0.430. The van der Waals surface area contributed by atoms with E-state index in [-0.39, 0.29) is 23.5 Å². The van der Waals surface area contributed by atoms with Crippen LogP contribution < -0.4 is 10.6 Å². The molecule has 1 fully saturated rings. The van der Waals surface area contributed by atoms with Crippen LogP contribution in [0.25, 0.3) is 0 Å². The first-order chi connectivity index (χ1) is 9.02.